The first-order chi connectivity index (χ1) is 16.5. The minimum atomic E-state index is -0.535. The van der Waals surface area contributed by atoms with Crippen LogP contribution >= 0.6 is 0 Å². The number of carbonyl (C=O) groups excluding carboxylic acids is 1. The molecule has 1 aliphatic rings. The first-order valence-electron chi connectivity index (χ1n) is 11.3. The molecule has 5 rings (SSSR count). The van der Waals surface area contributed by atoms with Crippen molar-refractivity contribution in [3.05, 3.63) is 71.6 Å². The van der Waals surface area contributed by atoms with Gasteiger partial charge in [-0.05, 0) is 61.7 Å². The number of aromatic nitrogens is 5. The van der Waals surface area contributed by atoms with Gasteiger partial charge in [-0.3, -0.25) is 4.79 Å². The summed E-state index contributed by atoms with van der Waals surface area (Å²) in [4.78, 5) is 12.9. The average Bonchev–Trinajstić information content (AvgIpc) is 3.42. The second-order valence-corrected chi connectivity index (χ2v) is 8.37. The van der Waals surface area contributed by atoms with Gasteiger partial charge in [0.2, 0.25) is 0 Å². The standard InChI is InChI=1S/C25H25FN6O2/c1-16-7-10-22(34-2)21(14-16)32-13-11-19(30-32)25(33)27-20-15-17(8-9-18(20)26)24-29-28-23-6-4-3-5-12-31(23)24/h7-11,13-15H,3-6,12H2,1-2H3,(H,27,33). The van der Waals surface area contributed by atoms with Crippen LogP contribution < -0.4 is 10.1 Å². The molecule has 8 nitrogen and oxygen atoms in total. The fraction of sp³-hybridized carbons (Fsp3) is 0.280. The van der Waals surface area contributed by atoms with Gasteiger partial charge < -0.3 is 14.6 Å². The van der Waals surface area contributed by atoms with Gasteiger partial charge in [-0.1, -0.05) is 12.5 Å². The van der Waals surface area contributed by atoms with Crippen molar-refractivity contribution < 1.29 is 13.9 Å². The van der Waals surface area contributed by atoms with Gasteiger partial charge in [-0.2, -0.15) is 5.10 Å². The van der Waals surface area contributed by atoms with E-state index in [1.165, 1.54) is 6.07 Å². The quantitative estimate of drug-likeness (QED) is 0.472. The van der Waals surface area contributed by atoms with E-state index in [1.807, 2.05) is 25.1 Å². The summed E-state index contributed by atoms with van der Waals surface area (Å²) >= 11 is 0. The number of anilines is 1. The molecule has 2 aromatic carbocycles. The summed E-state index contributed by atoms with van der Waals surface area (Å²) < 4.78 is 23.7. The summed E-state index contributed by atoms with van der Waals surface area (Å²) in [5, 5.41) is 15.7. The number of ether oxygens (including phenoxy) is 1. The molecule has 0 unspecified atom stereocenters. The molecular formula is C25H25FN6O2. The SMILES string of the molecule is COc1ccc(C)cc1-n1ccc(C(=O)Nc2cc(-c3nnc4n3CCCCC4)ccc2F)n1. The molecule has 0 atom stereocenters. The average molecular weight is 461 g/mol. The number of aryl methyl sites for hydroxylation is 2. The van der Waals surface area contributed by atoms with Gasteiger partial charge in [0.15, 0.2) is 11.5 Å². The molecule has 0 saturated heterocycles. The first kappa shape index (κ1) is 21.8. The maximum atomic E-state index is 14.6. The van der Waals surface area contributed by atoms with Crippen molar-refractivity contribution in [1.29, 1.82) is 0 Å². The van der Waals surface area contributed by atoms with Gasteiger partial charge in [0.05, 0.1) is 12.8 Å². The number of methoxy groups -OCH3 is 1. The predicted octanol–water partition coefficient (Wildman–Crippen LogP) is 4.57. The molecule has 0 fully saturated rings. The summed E-state index contributed by atoms with van der Waals surface area (Å²) in [7, 11) is 1.58. The molecule has 0 aliphatic carbocycles. The number of nitrogens with one attached hydrogen (secondary N) is 1. The fourth-order valence-electron chi connectivity index (χ4n) is 4.20. The van der Waals surface area contributed by atoms with Crippen LogP contribution in [-0.2, 0) is 13.0 Å². The molecule has 2 aromatic heterocycles. The van der Waals surface area contributed by atoms with Gasteiger partial charge in [0, 0.05) is 24.7 Å². The topological polar surface area (TPSA) is 86.9 Å². The number of rotatable bonds is 5. The molecule has 1 amide bonds. The van der Waals surface area contributed by atoms with Gasteiger partial charge in [0.1, 0.15) is 23.1 Å². The Hall–Kier alpha value is -4.01. The highest BCUT2D eigenvalue weighted by atomic mass is 19.1. The van der Waals surface area contributed by atoms with Crippen LogP contribution in [0.5, 0.6) is 5.75 Å². The second kappa shape index (κ2) is 9.09. The summed E-state index contributed by atoms with van der Waals surface area (Å²) in [6.07, 6.45) is 5.84. The van der Waals surface area contributed by atoms with Crippen LogP contribution in [-0.4, -0.2) is 37.6 Å². The van der Waals surface area contributed by atoms with E-state index < -0.39 is 11.7 Å². The van der Waals surface area contributed by atoms with Crippen molar-refractivity contribution in [1.82, 2.24) is 24.5 Å². The molecule has 0 spiro atoms. The van der Waals surface area contributed by atoms with Crippen molar-refractivity contribution >= 4 is 11.6 Å². The molecule has 4 aromatic rings. The van der Waals surface area contributed by atoms with E-state index in [0.717, 1.165) is 43.6 Å². The Morgan fingerprint density at radius 1 is 1.09 bits per heavy atom. The Morgan fingerprint density at radius 3 is 2.82 bits per heavy atom. The Kier molecular flexibility index (Phi) is 5.83. The van der Waals surface area contributed by atoms with Crippen molar-refractivity contribution in [3.8, 4) is 22.8 Å². The number of benzene rings is 2. The Bertz CT molecular complexity index is 1360. The number of carbonyl (C=O) groups is 1. The van der Waals surface area contributed by atoms with Crippen LogP contribution in [0.1, 0.15) is 41.1 Å². The van der Waals surface area contributed by atoms with Crippen LogP contribution in [0.25, 0.3) is 17.1 Å². The molecule has 3 heterocycles. The maximum Gasteiger partial charge on any atom is 0.276 e. The molecule has 1 N–H and O–H groups in total. The number of halogens is 1. The molecular weight excluding hydrogens is 435 g/mol. The molecule has 0 radical (unpaired) electrons. The third kappa shape index (κ3) is 4.16. The van der Waals surface area contributed by atoms with Crippen LogP contribution in [0.3, 0.4) is 0 Å². The van der Waals surface area contributed by atoms with Crippen molar-refractivity contribution in [2.75, 3.05) is 12.4 Å². The van der Waals surface area contributed by atoms with Crippen LogP contribution in [0.2, 0.25) is 0 Å². The molecule has 9 heteroatoms. The second-order valence-electron chi connectivity index (χ2n) is 8.37. The van der Waals surface area contributed by atoms with Gasteiger partial charge in [-0.15, -0.1) is 10.2 Å². The number of hydrogen-bond acceptors (Lipinski definition) is 5. The van der Waals surface area contributed by atoms with E-state index in [2.05, 4.69) is 25.2 Å². The number of fused-ring (bicyclic) bond motifs is 1. The number of nitrogens with zero attached hydrogens (tertiary/aromatic N) is 5. The monoisotopic (exact) mass is 460 g/mol. The van der Waals surface area contributed by atoms with Gasteiger partial charge in [0.25, 0.3) is 5.91 Å². The molecule has 174 valence electrons. The lowest BCUT2D eigenvalue weighted by Gasteiger charge is -2.10. The lowest BCUT2D eigenvalue weighted by Crippen LogP contribution is -2.14. The lowest BCUT2D eigenvalue weighted by molar-refractivity contribution is 0.102. The number of hydrogen-bond donors (Lipinski definition) is 1. The molecule has 1 aliphatic heterocycles. The smallest absolute Gasteiger partial charge is 0.276 e. The van der Waals surface area contributed by atoms with E-state index in [0.29, 0.717) is 22.8 Å². The third-order valence-corrected chi connectivity index (χ3v) is 5.99. The van der Waals surface area contributed by atoms with Crippen molar-refractivity contribution in [2.45, 2.75) is 39.2 Å². The molecule has 0 saturated carbocycles. The molecule has 34 heavy (non-hydrogen) atoms. The van der Waals surface area contributed by atoms with Crippen molar-refractivity contribution in [3.63, 3.8) is 0 Å². The van der Waals surface area contributed by atoms with Gasteiger partial charge >= 0.3 is 0 Å². The number of amides is 1. The van der Waals surface area contributed by atoms with E-state index in [-0.39, 0.29) is 11.4 Å². The van der Waals surface area contributed by atoms with E-state index in [9.17, 15) is 9.18 Å². The lowest BCUT2D eigenvalue weighted by atomic mass is 10.1. The minimum Gasteiger partial charge on any atom is -0.494 e. The zero-order valence-corrected chi connectivity index (χ0v) is 19.1. The van der Waals surface area contributed by atoms with E-state index in [1.54, 1.807) is 36.2 Å². The van der Waals surface area contributed by atoms with Gasteiger partial charge in [-0.25, -0.2) is 9.07 Å². The Morgan fingerprint density at radius 2 is 1.97 bits per heavy atom. The summed E-state index contributed by atoms with van der Waals surface area (Å²) in [5.41, 5.74) is 2.66. The third-order valence-electron chi connectivity index (χ3n) is 5.99. The van der Waals surface area contributed by atoms with E-state index >= 15 is 0 Å². The highest BCUT2D eigenvalue weighted by molar-refractivity contribution is 6.03. The van der Waals surface area contributed by atoms with Crippen LogP contribution in [0.4, 0.5) is 10.1 Å². The summed E-state index contributed by atoms with van der Waals surface area (Å²) in [6, 6.07) is 11.9. The van der Waals surface area contributed by atoms with Crippen molar-refractivity contribution in [2.24, 2.45) is 0 Å². The predicted molar refractivity (Wildman–Crippen MR) is 126 cm³/mol. The van der Waals surface area contributed by atoms with Crippen LogP contribution in [0.15, 0.2) is 48.7 Å². The maximum absolute atomic E-state index is 14.6. The fourth-order valence-corrected chi connectivity index (χ4v) is 4.20. The summed E-state index contributed by atoms with van der Waals surface area (Å²) in [6.45, 7) is 2.79. The normalized spacial score (nSPS) is 13.3. The minimum absolute atomic E-state index is 0.0659. The summed E-state index contributed by atoms with van der Waals surface area (Å²) in [5.74, 6) is 1.21. The van der Waals surface area contributed by atoms with Crippen LogP contribution in [0, 0.1) is 12.7 Å². The largest absolute Gasteiger partial charge is 0.494 e. The highest BCUT2D eigenvalue weighted by Gasteiger charge is 2.19. The Balaban J connectivity index is 1.40. The highest BCUT2D eigenvalue weighted by Crippen LogP contribution is 2.27. The van der Waals surface area contributed by atoms with E-state index in [4.69, 9.17) is 4.74 Å². The first-order valence-corrected chi connectivity index (χ1v) is 11.3. The molecule has 0 bridgehead atoms. The zero-order valence-electron chi connectivity index (χ0n) is 19.1. The Labute approximate surface area is 196 Å². The zero-order chi connectivity index (χ0) is 23.7.